The first-order valence-electron chi connectivity index (χ1n) is 10.3. The number of hydrogen-bond donors (Lipinski definition) is 4. The second-order valence-corrected chi connectivity index (χ2v) is 11.3. The Kier molecular flexibility index (Phi) is 15.9. The van der Waals surface area contributed by atoms with Gasteiger partial charge in [0.05, 0.1) is 11.5 Å². The van der Waals surface area contributed by atoms with Crippen molar-refractivity contribution in [2.24, 2.45) is 0 Å². The fourth-order valence-corrected chi connectivity index (χ4v) is 3.10. The summed E-state index contributed by atoms with van der Waals surface area (Å²) in [7, 11) is -9.69. The average molecular weight is 746 g/mol. The molecule has 0 aromatic rings. The largest absolute Gasteiger partial charge is 0.460 e. The highest BCUT2D eigenvalue weighted by atomic mass is 32.2. The van der Waals surface area contributed by atoms with Gasteiger partial charge in [0, 0.05) is 12.8 Å². The van der Waals surface area contributed by atoms with Crippen LogP contribution in [0.5, 0.6) is 0 Å². The molecule has 0 aromatic heterocycles. The highest BCUT2D eigenvalue weighted by Crippen LogP contribution is 2.55. The van der Waals surface area contributed by atoms with Crippen molar-refractivity contribution < 1.29 is 115 Å². The molecule has 0 fully saturated rings. The molecule has 4 N–H and O–H groups in total. The third-order valence-electron chi connectivity index (χ3n) is 4.21. The van der Waals surface area contributed by atoms with E-state index in [1.54, 1.807) is 0 Å². The highest BCUT2D eigenvalue weighted by Gasteiger charge is 2.82. The first-order valence-corrected chi connectivity index (χ1v) is 13.5. The van der Waals surface area contributed by atoms with E-state index in [0.717, 1.165) is 0 Å². The normalized spacial score (nSPS) is 14.9. The average Bonchev–Trinajstić information content (AvgIpc) is 2.69. The van der Waals surface area contributed by atoms with Gasteiger partial charge in [-0.15, -0.1) is 0 Å². The summed E-state index contributed by atoms with van der Waals surface area (Å²) in [5.41, 5.74) is 0. The van der Waals surface area contributed by atoms with Gasteiger partial charge >= 0.3 is 47.9 Å². The molecule has 0 saturated heterocycles. The zero-order valence-corrected chi connectivity index (χ0v) is 22.5. The Bertz CT molecular complexity index is 1010. The maximum absolute atomic E-state index is 12.8. The van der Waals surface area contributed by atoms with Gasteiger partial charge in [-0.2, -0.15) is 95.9 Å². The van der Waals surface area contributed by atoms with E-state index in [4.69, 9.17) is 19.3 Å². The topological polar surface area (TPSA) is 149 Å². The van der Waals surface area contributed by atoms with E-state index in [2.05, 4.69) is 0 Å². The minimum atomic E-state index is -7.00. The lowest BCUT2D eigenvalue weighted by Gasteiger charge is -2.33. The molecule has 8 nitrogen and oxygen atoms in total. The van der Waals surface area contributed by atoms with E-state index in [9.17, 15) is 95.9 Å². The molecule has 0 radical (unpaired) electrons. The Morgan fingerprint density at radius 1 is 0.477 bits per heavy atom. The Morgan fingerprint density at radius 2 is 0.659 bits per heavy atom. The Labute approximate surface area is 234 Å². The summed E-state index contributed by atoms with van der Waals surface area (Å²) in [4.78, 5) is 0. The van der Waals surface area contributed by atoms with Crippen molar-refractivity contribution in [3.8, 4) is 0 Å². The zero-order chi connectivity index (χ0) is 36.8. The zero-order valence-electron chi connectivity index (χ0n) is 20.9. The molecule has 0 unspecified atom stereocenters. The molecule has 0 rings (SSSR count). The van der Waals surface area contributed by atoms with Crippen molar-refractivity contribution in [1.29, 1.82) is 0 Å². The lowest BCUT2D eigenvalue weighted by atomic mass is 10.00. The molecule has 0 amide bonds. The van der Waals surface area contributed by atoms with Gasteiger partial charge in [0.2, 0.25) is 0 Å². The van der Waals surface area contributed by atoms with Crippen LogP contribution in [0, 0.1) is 0 Å². The van der Waals surface area contributed by atoms with Gasteiger partial charge in [0.15, 0.2) is 0 Å². The molecule has 0 heterocycles. The van der Waals surface area contributed by atoms with Crippen molar-refractivity contribution in [1.82, 2.24) is 0 Å². The Hall–Kier alpha value is -1.52. The van der Waals surface area contributed by atoms with Crippen molar-refractivity contribution in [2.75, 3.05) is 11.5 Å². The van der Waals surface area contributed by atoms with Crippen LogP contribution in [-0.2, 0) is 20.2 Å². The molecule has 28 heteroatoms. The predicted octanol–water partition coefficient (Wildman–Crippen LogP) is 5.56. The van der Waals surface area contributed by atoms with Crippen LogP contribution in [0.25, 0.3) is 0 Å². The van der Waals surface area contributed by atoms with E-state index in [1.165, 1.54) is 6.92 Å². The number of hydrogen-bond acceptors (Lipinski definition) is 6. The second-order valence-electron chi connectivity index (χ2n) is 8.11. The molecule has 0 saturated carbocycles. The third-order valence-corrected chi connectivity index (χ3v) is 5.81. The molecule has 0 aliphatic carbocycles. The Morgan fingerprint density at radius 3 is 0.795 bits per heavy atom. The van der Waals surface area contributed by atoms with Crippen LogP contribution in [0.1, 0.15) is 32.6 Å². The summed E-state index contributed by atoms with van der Waals surface area (Å²) in [6.07, 6.45) is -22.4. The predicted molar refractivity (Wildman–Crippen MR) is 107 cm³/mol. The molecule has 270 valence electrons. The van der Waals surface area contributed by atoms with E-state index in [0.29, 0.717) is 0 Å². The van der Waals surface area contributed by atoms with Crippen LogP contribution in [0.2, 0.25) is 0 Å². The quantitative estimate of drug-likeness (QED) is 0.115. The number of aliphatic hydroxyl groups is 2. The van der Waals surface area contributed by atoms with Crippen LogP contribution < -0.4 is 0 Å². The number of rotatable bonds is 12. The summed E-state index contributed by atoms with van der Waals surface area (Å²) in [5, 5.41) is 15.2. The summed E-state index contributed by atoms with van der Waals surface area (Å²) >= 11 is 0. The molecule has 0 spiro atoms. The lowest BCUT2D eigenvalue weighted by molar-refractivity contribution is -0.396. The van der Waals surface area contributed by atoms with Crippen LogP contribution >= 0.6 is 0 Å². The second kappa shape index (κ2) is 14.9. The van der Waals surface area contributed by atoms with E-state index >= 15 is 0 Å². The summed E-state index contributed by atoms with van der Waals surface area (Å²) in [5.74, 6) is -42.2. The van der Waals surface area contributed by atoms with Crippen LogP contribution in [0.15, 0.2) is 0 Å². The maximum Gasteiger partial charge on any atom is 0.460 e. The fourth-order valence-electron chi connectivity index (χ4n) is 2.08. The van der Waals surface area contributed by atoms with Crippen LogP contribution in [-0.4, -0.2) is 102 Å². The molecular formula is C16H20F18O8S2. The number of aliphatic hydroxyl groups excluding tert-OH is 1. The summed E-state index contributed by atoms with van der Waals surface area (Å²) in [6, 6.07) is 0. The van der Waals surface area contributed by atoms with Gasteiger partial charge < -0.3 is 10.2 Å². The third kappa shape index (κ3) is 13.5. The minimum absolute atomic E-state index is 1.17. The molecule has 0 aliphatic rings. The first kappa shape index (κ1) is 46.9. The lowest BCUT2D eigenvalue weighted by Crippen LogP contribution is -2.60. The molecule has 0 bridgehead atoms. The molecule has 0 aliphatic heterocycles. The maximum atomic E-state index is 12.8. The summed E-state index contributed by atoms with van der Waals surface area (Å²) < 4.78 is 278. The minimum Gasteiger partial charge on any atom is -0.368 e. The SMILES string of the molecule is CC(O)O.O=S(=O)(O)CCCC(F)(F)C(F)(F)C(F)(F)C(F)(F)F.O=S(=O)(O)CCCC(F)(F)C(F)(F)C(F)(F)C(F)(F)F. The van der Waals surface area contributed by atoms with Crippen molar-refractivity contribution in [3.05, 3.63) is 0 Å². The number of halogens is 18. The van der Waals surface area contributed by atoms with Crippen molar-refractivity contribution in [3.63, 3.8) is 0 Å². The standard InChI is InChI=1S/2C7H7F9O3S.C2H6O2/c2*8-4(9,2-1-3-20(17,18)19)5(10,11)6(12,13)7(14,15)16;1-2(3)4/h2*1-3H2,(H,17,18,19);2-4H,1H3. The molecule has 44 heavy (non-hydrogen) atoms. The van der Waals surface area contributed by atoms with Gasteiger partial charge in [-0.05, 0) is 19.8 Å². The van der Waals surface area contributed by atoms with E-state index in [-0.39, 0.29) is 0 Å². The van der Waals surface area contributed by atoms with Crippen molar-refractivity contribution in [2.45, 2.75) is 86.8 Å². The van der Waals surface area contributed by atoms with E-state index in [1.807, 2.05) is 0 Å². The summed E-state index contributed by atoms with van der Waals surface area (Å²) in [6.45, 7) is 1.28. The van der Waals surface area contributed by atoms with E-state index < -0.39 is 112 Å². The molecule has 0 atom stereocenters. The van der Waals surface area contributed by atoms with Crippen molar-refractivity contribution >= 4 is 20.2 Å². The molecule has 0 aromatic carbocycles. The number of alkyl halides is 18. The fraction of sp³-hybridized carbons (Fsp3) is 1.00. The van der Waals surface area contributed by atoms with Gasteiger partial charge in [-0.3, -0.25) is 9.11 Å². The highest BCUT2D eigenvalue weighted by molar-refractivity contribution is 7.86. The van der Waals surface area contributed by atoms with Crippen LogP contribution in [0.4, 0.5) is 79.0 Å². The smallest absolute Gasteiger partial charge is 0.368 e. The molecular weight excluding hydrogens is 726 g/mol. The first-order chi connectivity index (χ1) is 18.6. The van der Waals surface area contributed by atoms with Gasteiger partial charge in [-0.25, -0.2) is 0 Å². The van der Waals surface area contributed by atoms with Gasteiger partial charge in [0.1, 0.15) is 6.29 Å². The Balaban J connectivity index is -0.000000680. The van der Waals surface area contributed by atoms with Crippen LogP contribution in [0.3, 0.4) is 0 Å². The van der Waals surface area contributed by atoms with Gasteiger partial charge in [0.25, 0.3) is 20.2 Å². The monoisotopic (exact) mass is 746 g/mol. The van der Waals surface area contributed by atoms with Gasteiger partial charge in [-0.1, -0.05) is 0 Å².